The maximum Gasteiger partial charge on any atom is 0.190 e. The first-order valence-corrected chi connectivity index (χ1v) is 9.40. The van der Waals surface area contributed by atoms with Crippen molar-refractivity contribution in [1.29, 1.82) is 0 Å². The van der Waals surface area contributed by atoms with Gasteiger partial charge in [0.05, 0.1) is 8.85 Å². The van der Waals surface area contributed by atoms with Gasteiger partial charge in [0.15, 0.2) is 11.6 Å². The Balaban J connectivity index is 2.03. The highest BCUT2D eigenvalue weighted by Gasteiger charge is 2.68. The standard InChI is InChI=1S/C22H30O5/c1-12-8-14-15-5-7-22(27,18(26)11-23)21(15,3)10-17(25)19(14)20(2)6-4-13(24)9-16(12)20/h4,6,9,12,14-15,17,19,23,25,27H,5,7-8,10-11H2,1-3H3/t12-,14-,15-,17-,19+,20-,21-,22-/m0/s1/i4D,9D,10D2,12D,19D. The molecule has 0 bridgehead atoms. The van der Waals surface area contributed by atoms with Crippen molar-refractivity contribution in [3.8, 4) is 0 Å². The average Bonchev–Trinajstić information content (AvgIpc) is 3.00. The molecule has 4 aliphatic rings. The quantitative estimate of drug-likeness (QED) is 0.679. The fraction of sp³-hybridized carbons (Fsp3) is 0.727. The van der Waals surface area contributed by atoms with Crippen LogP contribution in [0.4, 0.5) is 0 Å². The van der Waals surface area contributed by atoms with Crippen LogP contribution in [0.2, 0.25) is 0 Å². The molecule has 0 spiro atoms. The van der Waals surface area contributed by atoms with Gasteiger partial charge in [-0.05, 0) is 55.5 Å². The van der Waals surface area contributed by atoms with Gasteiger partial charge in [0.1, 0.15) is 12.2 Å². The zero-order valence-corrected chi connectivity index (χ0v) is 15.8. The van der Waals surface area contributed by atoms with E-state index in [0.29, 0.717) is 0 Å². The van der Waals surface area contributed by atoms with Crippen LogP contribution in [0.15, 0.2) is 23.8 Å². The van der Waals surface area contributed by atoms with Crippen molar-refractivity contribution in [1.82, 2.24) is 0 Å². The zero-order valence-electron chi connectivity index (χ0n) is 21.8. The summed E-state index contributed by atoms with van der Waals surface area (Å²) >= 11 is 0. The van der Waals surface area contributed by atoms with Crippen molar-refractivity contribution in [2.45, 2.75) is 58.1 Å². The van der Waals surface area contributed by atoms with E-state index in [1.807, 2.05) is 0 Å². The predicted molar refractivity (Wildman–Crippen MR) is 99.6 cm³/mol. The number of ketones is 2. The molecule has 0 amide bonds. The molecule has 0 radical (unpaired) electrons. The maximum absolute atomic E-state index is 12.6. The van der Waals surface area contributed by atoms with Crippen LogP contribution in [0, 0.1) is 34.5 Å². The molecule has 3 N–H and O–H groups in total. The van der Waals surface area contributed by atoms with E-state index in [1.54, 1.807) is 0 Å². The monoisotopic (exact) mass is 380 g/mol. The van der Waals surface area contributed by atoms with E-state index < -0.39 is 82.8 Å². The lowest BCUT2D eigenvalue weighted by molar-refractivity contribution is -0.180. The van der Waals surface area contributed by atoms with Crippen LogP contribution in [0.5, 0.6) is 0 Å². The molecule has 4 aliphatic carbocycles. The third kappa shape index (κ3) is 2.28. The molecule has 0 aromatic rings. The number of allylic oxidation sites excluding steroid dienone is 4. The SMILES string of the molecule is [2H]C1=C[C@@]2(C)C(=C([2H])C1=O)[C@@]([2H])(C)C[C@H]1[C@@H]3CC[C@](O)(C(=O)CO)[C@@]3(C)C([2H])([2H])[C@H](O)[C@@]12[2H]. The van der Waals surface area contributed by atoms with Crippen LogP contribution in [-0.2, 0) is 9.59 Å². The van der Waals surface area contributed by atoms with Crippen LogP contribution >= 0.6 is 0 Å². The Kier molecular flexibility index (Phi) is 2.82. The number of hydrogen-bond acceptors (Lipinski definition) is 5. The minimum absolute atomic E-state index is 0.0274. The van der Waals surface area contributed by atoms with Crippen LogP contribution in [0.3, 0.4) is 0 Å². The number of fused-ring (bicyclic) bond motifs is 5. The van der Waals surface area contributed by atoms with Gasteiger partial charge in [0.2, 0.25) is 0 Å². The minimum atomic E-state index is -2.68. The van der Waals surface area contributed by atoms with Crippen LogP contribution in [0.1, 0.15) is 54.6 Å². The summed E-state index contributed by atoms with van der Waals surface area (Å²) in [6, 6.07) is -1.12. The van der Waals surface area contributed by atoms with Gasteiger partial charge in [-0.15, -0.1) is 0 Å². The number of carbonyl (C=O) groups excluding carboxylic acids is 2. The van der Waals surface area contributed by atoms with Crippen LogP contribution in [0.25, 0.3) is 0 Å². The Bertz CT molecular complexity index is 1020. The predicted octanol–water partition coefficient (Wildman–Crippen LogP) is 1.80. The molecule has 0 unspecified atom stereocenters. The highest BCUT2D eigenvalue weighted by atomic mass is 16.3. The molecule has 27 heavy (non-hydrogen) atoms. The second-order valence-electron chi connectivity index (χ2n) is 8.70. The van der Waals surface area contributed by atoms with Crippen molar-refractivity contribution in [2.24, 2.45) is 34.5 Å². The maximum atomic E-state index is 12.6. The van der Waals surface area contributed by atoms with E-state index in [-0.39, 0.29) is 24.8 Å². The van der Waals surface area contributed by atoms with Crippen LogP contribution in [-0.4, -0.2) is 45.2 Å². The van der Waals surface area contributed by atoms with Crippen LogP contribution < -0.4 is 0 Å². The molecule has 0 aliphatic heterocycles. The van der Waals surface area contributed by atoms with Gasteiger partial charge in [-0.2, -0.15) is 0 Å². The van der Waals surface area contributed by atoms with Gasteiger partial charge in [0.25, 0.3) is 0 Å². The van der Waals surface area contributed by atoms with E-state index in [1.165, 1.54) is 20.8 Å². The largest absolute Gasteiger partial charge is 0.393 e. The van der Waals surface area contributed by atoms with Gasteiger partial charge in [0, 0.05) is 22.2 Å². The molecule has 0 saturated heterocycles. The lowest BCUT2D eigenvalue weighted by atomic mass is 9.45. The average molecular weight is 381 g/mol. The third-order valence-electron chi connectivity index (χ3n) is 7.44. The fourth-order valence-electron chi connectivity index (χ4n) is 6.08. The van der Waals surface area contributed by atoms with E-state index in [2.05, 4.69) is 0 Å². The number of Topliss-reactive ketones (excluding diaryl/α,β-unsaturated/α-hetero) is 1. The normalized spacial score (nSPS) is 62.5. The third-order valence-corrected chi connectivity index (χ3v) is 7.44. The molecular weight excluding hydrogens is 344 g/mol. The van der Waals surface area contributed by atoms with E-state index in [9.17, 15) is 26.3 Å². The molecule has 5 heteroatoms. The summed E-state index contributed by atoms with van der Waals surface area (Å²) in [5.74, 6) is -7.18. The summed E-state index contributed by atoms with van der Waals surface area (Å²) in [4.78, 5) is 25.1. The highest BCUT2D eigenvalue weighted by molar-refractivity contribution is 6.01. The van der Waals surface area contributed by atoms with Gasteiger partial charge < -0.3 is 15.3 Å². The lowest BCUT2D eigenvalue weighted by Crippen LogP contribution is -2.62. The topological polar surface area (TPSA) is 94.8 Å². The number of aliphatic hydroxyl groups excluding tert-OH is 2. The molecule has 3 saturated carbocycles. The Hall–Kier alpha value is -1.30. The summed E-state index contributed by atoms with van der Waals surface area (Å²) in [6.45, 7) is 3.32. The fourth-order valence-corrected chi connectivity index (χ4v) is 6.08. The van der Waals surface area contributed by atoms with E-state index in [0.717, 1.165) is 6.08 Å². The highest BCUT2D eigenvalue weighted by Crippen LogP contribution is 2.67. The lowest BCUT2D eigenvalue weighted by Gasteiger charge is -2.60. The van der Waals surface area contributed by atoms with Crippen molar-refractivity contribution < 1.29 is 33.1 Å². The summed E-state index contributed by atoms with van der Waals surface area (Å²) in [5, 5.41) is 32.4. The summed E-state index contributed by atoms with van der Waals surface area (Å²) in [6.07, 6.45) is -3.75. The first kappa shape index (κ1) is 13.0. The number of aliphatic hydroxyl groups is 3. The summed E-state index contributed by atoms with van der Waals surface area (Å²) in [5.41, 5.74) is -5.83. The Morgan fingerprint density at radius 2 is 2.19 bits per heavy atom. The van der Waals surface area contributed by atoms with Crippen molar-refractivity contribution >= 4 is 11.6 Å². The molecule has 3 fully saturated rings. The Morgan fingerprint density at radius 1 is 1.48 bits per heavy atom. The molecule has 4 rings (SSSR count). The smallest absolute Gasteiger partial charge is 0.190 e. The van der Waals surface area contributed by atoms with Gasteiger partial charge in [-0.1, -0.05) is 32.4 Å². The Labute approximate surface area is 168 Å². The minimum Gasteiger partial charge on any atom is -0.393 e. The zero-order chi connectivity index (χ0) is 25.2. The number of carbonyl (C=O) groups is 2. The molecule has 5 nitrogen and oxygen atoms in total. The summed E-state index contributed by atoms with van der Waals surface area (Å²) in [7, 11) is 0. The first-order chi connectivity index (χ1) is 14.9. The van der Waals surface area contributed by atoms with E-state index in [4.69, 9.17) is 6.85 Å². The van der Waals surface area contributed by atoms with Gasteiger partial charge in [-0.3, -0.25) is 9.59 Å². The molecule has 8 atom stereocenters. The van der Waals surface area contributed by atoms with Crippen molar-refractivity contribution in [3.63, 3.8) is 0 Å². The first-order valence-electron chi connectivity index (χ1n) is 12.4. The second-order valence-corrected chi connectivity index (χ2v) is 8.70. The number of rotatable bonds is 2. The molecule has 0 aromatic carbocycles. The molecule has 0 heterocycles. The van der Waals surface area contributed by atoms with Crippen molar-refractivity contribution in [3.05, 3.63) is 23.8 Å². The van der Waals surface area contributed by atoms with Gasteiger partial charge >= 0.3 is 0 Å². The molecule has 0 aromatic heterocycles. The summed E-state index contributed by atoms with van der Waals surface area (Å²) < 4.78 is 52.9. The van der Waals surface area contributed by atoms with Gasteiger partial charge in [-0.25, -0.2) is 0 Å². The molecule has 148 valence electrons. The van der Waals surface area contributed by atoms with E-state index >= 15 is 0 Å². The molecular formula is C22H30O5. The Morgan fingerprint density at radius 3 is 2.85 bits per heavy atom. The number of hydrogen-bond donors (Lipinski definition) is 3. The second kappa shape index (κ2) is 5.85. The van der Waals surface area contributed by atoms with Crippen molar-refractivity contribution in [2.75, 3.05) is 6.61 Å².